The number of ether oxygens (including phenoxy) is 2. The van der Waals surface area contributed by atoms with Crippen LogP contribution in [0.5, 0.6) is 11.5 Å². The molecule has 1 saturated heterocycles. The number of nitrogens with one attached hydrogen (secondary N) is 1. The van der Waals surface area contributed by atoms with Gasteiger partial charge in [-0.2, -0.15) is 5.26 Å². The van der Waals surface area contributed by atoms with Crippen molar-refractivity contribution in [3.8, 4) is 17.6 Å². The van der Waals surface area contributed by atoms with Crippen LogP contribution in [0.15, 0.2) is 47.4 Å². The SMILES string of the molecule is CCOc1cc(/C=C2\SC(=O)N(CC(=O)Nc3ccc(C(C)C)cc3)C2=O)ccc1OCC#N. The van der Waals surface area contributed by atoms with Gasteiger partial charge in [-0.1, -0.05) is 32.0 Å². The summed E-state index contributed by atoms with van der Waals surface area (Å²) in [6.07, 6.45) is 1.56. The maximum Gasteiger partial charge on any atom is 0.294 e. The number of carbonyl (C=O) groups is 3. The molecule has 1 aliphatic heterocycles. The van der Waals surface area contributed by atoms with E-state index in [1.165, 1.54) is 0 Å². The zero-order valence-corrected chi connectivity index (χ0v) is 20.0. The van der Waals surface area contributed by atoms with E-state index < -0.39 is 17.1 Å². The molecule has 0 radical (unpaired) electrons. The van der Waals surface area contributed by atoms with Gasteiger partial charge in [-0.25, -0.2) is 0 Å². The quantitative estimate of drug-likeness (QED) is 0.515. The monoisotopic (exact) mass is 479 g/mol. The van der Waals surface area contributed by atoms with E-state index in [2.05, 4.69) is 19.2 Å². The number of carbonyl (C=O) groups excluding carboxylic acids is 3. The van der Waals surface area contributed by atoms with Crippen LogP contribution in [0.3, 0.4) is 0 Å². The van der Waals surface area contributed by atoms with E-state index in [9.17, 15) is 14.4 Å². The van der Waals surface area contributed by atoms with Gasteiger partial charge in [0.2, 0.25) is 5.91 Å². The molecule has 3 rings (SSSR count). The van der Waals surface area contributed by atoms with Crippen molar-refractivity contribution < 1.29 is 23.9 Å². The molecule has 176 valence electrons. The molecule has 0 aliphatic carbocycles. The van der Waals surface area contributed by atoms with Crippen LogP contribution in [-0.4, -0.2) is 41.7 Å². The first-order chi connectivity index (χ1) is 16.3. The maximum atomic E-state index is 12.8. The second-order valence-electron chi connectivity index (χ2n) is 7.68. The number of hydrogen-bond donors (Lipinski definition) is 1. The van der Waals surface area contributed by atoms with Gasteiger partial charge in [0.1, 0.15) is 12.6 Å². The third-order valence-electron chi connectivity index (χ3n) is 4.89. The van der Waals surface area contributed by atoms with Crippen molar-refractivity contribution in [1.29, 1.82) is 5.26 Å². The van der Waals surface area contributed by atoms with Gasteiger partial charge < -0.3 is 14.8 Å². The summed E-state index contributed by atoms with van der Waals surface area (Å²) in [5.74, 6) is 0.208. The van der Waals surface area contributed by atoms with Gasteiger partial charge >= 0.3 is 0 Å². The van der Waals surface area contributed by atoms with Crippen molar-refractivity contribution >= 4 is 40.6 Å². The Hall–Kier alpha value is -3.77. The molecule has 9 heteroatoms. The molecule has 3 amide bonds. The van der Waals surface area contributed by atoms with Crippen molar-refractivity contribution in [3.05, 3.63) is 58.5 Å². The average molecular weight is 480 g/mol. The zero-order chi connectivity index (χ0) is 24.7. The van der Waals surface area contributed by atoms with Crippen LogP contribution in [0.1, 0.15) is 37.8 Å². The Labute approximate surface area is 202 Å². The Balaban J connectivity index is 1.69. The number of hydrogen-bond acceptors (Lipinski definition) is 7. The van der Waals surface area contributed by atoms with Crippen LogP contribution in [-0.2, 0) is 9.59 Å². The Bertz CT molecular complexity index is 1150. The predicted molar refractivity (Wildman–Crippen MR) is 131 cm³/mol. The molecule has 2 aromatic carbocycles. The fourth-order valence-corrected chi connectivity index (χ4v) is 4.03. The number of thioether (sulfide) groups is 1. The molecule has 1 fully saturated rings. The smallest absolute Gasteiger partial charge is 0.294 e. The molecular formula is C25H25N3O5S. The van der Waals surface area contributed by atoms with Crippen LogP contribution in [0, 0.1) is 11.3 Å². The van der Waals surface area contributed by atoms with Crippen LogP contribution in [0.4, 0.5) is 10.5 Å². The fourth-order valence-electron chi connectivity index (χ4n) is 3.20. The van der Waals surface area contributed by atoms with Crippen LogP contribution >= 0.6 is 11.8 Å². The van der Waals surface area contributed by atoms with Crippen molar-refractivity contribution in [2.75, 3.05) is 25.1 Å². The van der Waals surface area contributed by atoms with Crippen LogP contribution < -0.4 is 14.8 Å². The first-order valence-corrected chi connectivity index (χ1v) is 11.6. The first kappa shape index (κ1) is 24.9. The summed E-state index contributed by atoms with van der Waals surface area (Å²) >= 11 is 0.771. The van der Waals surface area contributed by atoms with E-state index in [4.69, 9.17) is 14.7 Å². The second kappa shape index (κ2) is 11.4. The number of rotatable bonds is 9. The largest absolute Gasteiger partial charge is 0.490 e. The number of anilines is 1. The Morgan fingerprint density at radius 3 is 2.53 bits per heavy atom. The highest BCUT2D eigenvalue weighted by Gasteiger charge is 2.36. The van der Waals surface area contributed by atoms with Crippen molar-refractivity contribution in [2.24, 2.45) is 0 Å². The van der Waals surface area contributed by atoms with Crippen molar-refractivity contribution in [3.63, 3.8) is 0 Å². The highest BCUT2D eigenvalue weighted by Crippen LogP contribution is 2.34. The first-order valence-electron chi connectivity index (χ1n) is 10.7. The van der Waals surface area contributed by atoms with E-state index in [0.717, 1.165) is 22.2 Å². The van der Waals surface area contributed by atoms with E-state index in [-0.39, 0.29) is 18.1 Å². The van der Waals surface area contributed by atoms with Gasteiger partial charge in [0, 0.05) is 5.69 Å². The molecule has 0 saturated carbocycles. The van der Waals surface area contributed by atoms with Gasteiger partial charge in [0.05, 0.1) is 11.5 Å². The Kier molecular flexibility index (Phi) is 8.33. The Morgan fingerprint density at radius 1 is 1.15 bits per heavy atom. The number of imide groups is 1. The summed E-state index contributed by atoms with van der Waals surface area (Å²) in [7, 11) is 0. The minimum Gasteiger partial charge on any atom is -0.490 e. The summed E-state index contributed by atoms with van der Waals surface area (Å²) in [6.45, 7) is 5.86. The fraction of sp³-hybridized carbons (Fsp3) is 0.280. The normalized spacial score (nSPS) is 14.4. The number of nitrogens with zero attached hydrogens (tertiary/aromatic N) is 2. The molecular weight excluding hydrogens is 454 g/mol. The lowest BCUT2D eigenvalue weighted by molar-refractivity contribution is -0.127. The maximum absolute atomic E-state index is 12.8. The van der Waals surface area contributed by atoms with E-state index in [1.807, 2.05) is 25.1 Å². The molecule has 1 aliphatic rings. The van der Waals surface area contributed by atoms with Gasteiger partial charge in [0.25, 0.3) is 11.1 Å². The van der Waals surface area contributed by atoms with Crippen molar-refractivity contribution in [2.45, 2.75) is 26.7 Å². The molecule has 34 heavy (non-hydrogen) atoms. The molecule has 1 heterocycles. The highest BCUT2D eigenvalue weighted by molar-refractivity contribution is 8.18. The average Bonchev–Trinajstić information content (AvgIpc) is 3.06. The van der Waals surface area contributed by atoms with Gasteiger partial charge in [0.15, 0.2) is 18.1 Å². The van der Waals surface area contributed by atoms with Crippen LogP contribution in [0.2, 0.25) is 0 Å². The minimum absolute atomic E-state index is 0.123. The van der Waals surface area contributed by atoms with E-state index in [1.54, 1.807) is 36.4 Å². The lowest BCUT2D eigenvalue weighted by Gasteiger charge is -2.13. The summed E-state index contributed by atoms with van der Waals surface area (Å²) in [5.41, 5.74) is 2.36. The van der Waals surface area contributed by atoms with E-state index in [0.29, 0.717) is 35.3 Å². The second-order valence-corrected chi connectivity index (χ2v) is 8.67. The zero-order valence-electron chi connectivity index (χ0n) is 19.2. The third kappa shape index (κ3) is 6.17. The van der Waals surface area contributed by atoms with Crippen molar-refractivity contribution in [1.82, 2.24) is 4.90 Å². The van der Waals surface area contributed by atoms with Crippen LogP contribution in [0.25, 0.3) is 6.08 Å². The summed E-state index contributed by atoms with van der Waals surface area (Å²) in [6, 6.07) is 14.3. The summed E-state index contributed by atoms with van der Waals surface area (Å²) in [5, 5.41) is 10.9. The minimum atomic E-state index is -0.539. The highest BCUT2D eigenvalue weighted by atomic mass is 32.2. The standard InChI is InChI=1S/C25H25N3O5S/c1-4-32-21-13-17(5-10-20(21)33-12-11-26)14-22-24(30)28(25(31)34-22)15-23(29)27-19-8-6-18(7-9-19)16(2)3/h5-10,13-14,16H,4,12,15H2,1-3H3,(H,27,29)/b22-14-. The molecule has 8 nitrogen and oxygen atoms in total. The number of nitriles is 1. The Morgan fingerprint density at radius 2 is 1.88 bits per heavy atom. The molecule has 0 unspecified atom stereocenters. The van der Waals surface area contributed by atoms with E-state index >= 15 is 0 Å². The molecule has 0 atom stereocenters. The summed E-state index contributed by atoms with van der Waals surface area (Å²) < 4.78 is 10.9. The molecule has 1 N–H and O–H groups in total. The topological polar surface area (TPSA) is 109 Å². The van der Waals surface area contributed by atoms with Gasteiger partial charge in [-0.15, -0.1) is 0 Å². The lowest BCUT2D eigenvalue weighted by atomic mass is 10.0. The molecule has 0 aromatic heterocycles. The lowest BCUT2D eigenvalue weighted by Crippen LogP contribution is -2.36. The van der Waals surface area contributed by atoms with Gasteiger partial charge in [-0.05, 0) is 66.1 Å². The molecule has 2 aromatic rings. The number of benzene rings is 2. The molecule has 0 spiro atoms. The molecule has 0 bridgehead atoms. The summed E-state index contributed by atoms with van der Waals surface area (Å²) in [4.78, 5) is 38.8. The predicted octanol–water partition coefficient (Wildman–Crippen LogP) is 4.79. The number of amides is 3. The van der Waals surface area contributed by atoms with Gasteiger partial charge in [-0.3, -0.25) is 19.3 Å². The third-order valence-corrected chi connectivity index (χ3v) is 5.80.